The summed E-state index contributed by atoms with van der Waals surface area (Å²) in [7, 11) is 0. The Morgan fingerprint density at radius 3 is 1.93 bits per heavy atom. The highest BCUT2D eigenvalue weighted by molar-refractivity contribution is 7.27. The van der Waals surface area contributed by atoms with E-state index >= 15 is 0 Å². The van der Waals surface area contributed by atoms with E-state index in [0.717, 1.165) is 5.56 Å². The number of hydrogen-bond donors (Lipinski definition) is 1. The molecular weight excluding hydrogens is 523 g/mol. The van der Waals surface area contributed by atoms with Crippen LogP contribution in [0, 0.1) is 5.41 Å². The predicted octanol–water partition coefficient (Wildman–Crippen LogP) is 11.4. The summed E-state index contributed by atoms with van der Waals surface area (Å²) in [6.07, 6.45) is 1.51. The first-order valence-corrected chi connectivity index (χ1v) is 15.0. The van der Waals surface area contributed by atoms with Gasteiger partial charge in [-0.05, 0) is 34.9 Å². The zero-order chi connectivity index (χ0) is 26.6. The number of rotatable bonds is 4. The van der Waals surface area contributed by atoms with Crippen molar-refractivity contribution in [2.24, 2.45) is 0 Å². The van der Waals surface area contributed by atoms with E-state index in [0.29, 0.717) is 0 Å². The monoisotopic (exact) mass is 545 g/mol. The van der Waals surface area contributed by atoms with E-state index in [-0.39, 0.29) is 0 Å². The molecule has 8 rings (SSSR count). The molecule has 8 aromatic rings. The first kappa shape index (κ1) is 23.3. The summed E-state index contributed by atoms with van der Waals surface area (Å²) in [4.78, 5) is 0. The van der Waals surface area contributed by atoms with Crippen molar-refractivity contribution in [3.8, 4) is 33.4 Å². The number of benzene rings is 6. The molecular formula is C37H23NS2. The molecule has 0 atom stereocenters. The Labute approximate surface area is 240 Å². The van der Waals surface area contributed by atoms with E-state index in [9.17, 15) is 0 Å². The van der Waals surface area contributed by atoms with Crippen LogP contribution < -0.4 is 0 Å². The molecule has 6 aromatic carbocycles. The maximum absolute atomic E-state index is 8.34. The molecule has 0 fully saturated rings. The van der Waals surface area contributed by atoms with Crippen molar-refractivity contribution in [1.29, 1.82) is 5.41 Å². The molecule has 0 amide bonds. The van der Waals surface area contributed by atoms with Gasteiger partial charge in [-0.2, -0.15) is 0 Å². The second-order valence-electron chi connectivity index (χ2n) is 10.1. The summed E-state index contributed by atoms with van der Waals surface area (Å²) in [6, 6.07) is 45.7. The van der Waals surface area contributed by atoms with Crippen LogP contribution in [0.4, 0.5) is 0 Å². The lowest BCUT2D eigenvalue weighted by atomic mass is 9.93. The third-order valence-electron chi connectivity index (χ3n) is 7.79. The summed E-state index contributed by atoms with van der Waals surface area (Å²) in [5, 5.41) is 13.3. The van der Waals surface area contributed by atoms with Crippen molar-refractivity contribution < 1.29 is 0 Å². The van der Waals surface area contributed by atoms with Crippen molar-refractivity contribution in [2.75, 3.05) is 0 Å². The van der Waals surface area contributed by atoms with Crippen LogP contribution in [0.25, 0.3) is 73.7 Å². The largest absolute Gasteiger partial charge is 0.308 e. The molecule has 0 spiro atoms. The highest BCUT2D eigenvalue weighted by Gasteiger charge is 2.20. The van der Waals surface area contributed by atoms with Gasteiger partial charge >= 0.3 is 0 Å². The minimum Gasteiger partial charge on any atom is -0.308 e. The molecule has 0 aliphatic carbocycles. The number of thiophene rings is 2. The van der Waals surface area contributed by atoms with E-state index in [1.165, 1.54) is 79.9 Å². The van der Waals surface area contributed by atoms with Gasteiger partial charge in [-0.1, -0.05) is 109 Å². The topological polar surface area (TPSA) is 23.9 Å². The Bertz CT molecular complexity index is 2220. The molecule has 0 radical (unpaired) electrons. The fraction of sp³-hybridized carbons (Fsp3) is 0. The normalized spacial score (nSPS) is 11.6. The van der Waals surface area contributed by atoms with E-state index in [1.54, 1.807) is 0 Å². The molecule has 3 heteroatoms. The van der Waals surface area contributed by atoms with Gasteiger partial charge in [0, 0.05) is 68.8 Å². The van der Waals surface area contributed by atoms with Crippen LogP contribution in [-0.2, 0) is 0 Å². The van der Waals surface area contributed by atoms with Gasteiger partial charge in [-0.3, -0.25) is 0 Å². The number of fused-ring (bicyclic) bond motifs is 6. The molecule has 1 nitrogen and oxygen atoms in total. The molecule has 0 bridgehead atoms. The average molecular weight is 546 g/mol. The van der Waals surface area contributed by atoms with E-state index in [4.69, 9.17) is 5.41 Å². The predicted molar refractivity (Wildman–Crippen MR) is 176 cm³/mol. The molecule has 0 aliphatic heterocycles. The SMILES string of the molecule is N=Cc1ccc(-c2cccc3c2sc2ccccc23)c2sc3c(-c4ccccc4)cc(-c4ccccc4)cc3c12. The minimum absolute atomic E-state index is 0.956. The van der Waals surface area contributed by atoms with Gasteiger partial charge in [0.15, 0.2) is 0 Å². The standard InChI is InChI=1S/C37H23NS2/c38-22-25-18-19-30(29-16-9-15-28-27-14-7-8-17-33(27)39-35(28)29)37-34(25)32-21-26(23-10-3-1-4-11-23)20-31(36(32)40-37)24-12-5-2-6-13-24/h1-22,38H. The molecule has 0 saturated heterocycles. The Balaban J connectivity index is 1.50. The Hall–Kier alpha value is -4.57. The van der Waals surface area contributed by atoms with Gasteiger partial charge in [-0.25, -0.2) is 0 Å². The lowest BCUT2D eigenvalue weighted by molar-refractivity contribution is 1.56. The Kier molecular flexibility index (Phi) is 5.41. The third kappa shape index (κ3) is 3.56. The summed E-state index contributed by atoms with van der Waals surface area (Å²) < 4.78 is 5.13. The fourth-order valence-electron chi connectivity index (χ4n) is 5.93. The van der Waals surface area contributed by atoms with E-state index in [1.807, 2.05) is 22.7 Å². The summed E-state index contributed by atoms with van der Waals surface area (Å²) in [5.74, 6) is 0. The second-order valence-corrected chi connectivity index (χ2v) is 12.1. The first-order chi connectivity index (χ1) is 19.8. The van der Waals surface area contributed by atoms with E-state index < -0.39 is 0 Å². The molecule has 2 heterocycles. The quantitative estimate of drug-likeness (QED) is 0.213. The third-order valence-corrected chi connectivity index (χ3v) is 10.3. The molecule has 0 aliphatic rings. The summed E-state index contributed by atoms with van der Waals surface area (Å²) in [6.45, 7) is 0. The molecule has 188 valence electrons. The highest BCUT2D eigenvalue weighted by atomic mass is 32.1. The average Bonchev–Trinajstić information content (AvgIpc) is 3.60. The summed E-state index contributed by atoms with van der Waals surface area (Å²) >= 11 is 3.72. The van der Waals surface area contributed by atoms with Gasteiger partial charge < -0.3 is 5.41 Å². The van der Waals surface area contributed by atoms with Crippen LogP contribution in [0.3, 0.4) is 0 Å². The van der Waals surface area contributed by atoms with Gasteiger partial charge in [0.25, 0.3) is 0 Å². The molecule has 40 heavy (non-hydrogen) atoms. The van der Waals surface area contributed by atoms with Crippen molar-refractivity contribution in [3.63, 3.8) is 0 Å². The second kappa shape index (κ2) is 9.27. The van der Waals surface area contributed by atoms with Crippen LogP contribution in [0.1, 0.15) is 5.56 Å². The lowest BCUT2D eigenvalue weighted by Crippen LogP contribution is -1.86. The molecule has 1 N–H and O–H groups in total. The maximum atomic E-state index is 8.34. The van der Waals surface area contributed by atoms with Crippen molar-refractivity contribution >= 4 is 69.2 Å². The van der Waals surface area contributed by atoms with Crippen molar-refractivity contribution in [2.45, 2.75) is 0 Å². The highest BCUT2D eigenvalue weighted by Crippen LogP contribution is 2.48. The molecule has 2 aromatic heterocycles. The van der Waals surface area contributed by atoms with Crippen molar-refractivity contribution in [3.05, 3.63) is 133 Å². The van der Waals surface area contributed by atoms with Gasteiger partial charge in [0.05, 0.1) is 0 Å². The lowest BCUT2D eigenvalue weighted by Gasteiger charge is -2.10. The Morgan fingerprint density at radius 1 is 0.450 bits per heavy atom. The zero-order valence-electron chi connectivity index (χ0n) is 21.5. The van der Waals surface area contributed by atoms with Gasteiger partial charge in [0.1, 0.15) is 0 Å². The first-order valence-electron chi connectivity index (χ1n) is 13.4. The molecule has 0 saturated carbocycles. The summed E-state index contributed by atoms with van der Waals surface area (Å²) in [5.41, 5.74) is 8.29. The number of hydrogen-bond acceptors (Lipinski definition) is 3. The fourth-order valence-corrected chi connectivity index (χ4v) is 8.54. The Morgan fingerprint density at radius 2 is 1.12 bits per heavy atom. The van der Waals surface area contributed by atoms with E-state index in [2.05, 4.69) is 127 Å². The smallest absolute Gasteiger partial charge is 0.0441 e. The maximum Gasteiger partial charge on any atom is 0.0441 e. The van der Waals surface area contributed by atoms with Gasteiger partial charge in [0.2, 0.25) is 0 Å². The van der Waals surface area contributed by atoms with Crippen LogP contribution in [0.2, 0.25) is 0 Å². The van der Waals surface area contributed by atoms with Crippen LogP contribution in [0.15, 0.2) is 127 Å². The van der Waals surface area contributed by atoms with Crippen LogP contribution >= 0.6 is 22.7 Å². The molecule has 0 unspecified atom stereocenters. The van der Waals surface area contributed by atoms with Crippen molar-refractivity contribution in [1.82, 2.24) is 0 Å². The van der Waals surface area contributed by atoms with Gasteiger partial charge in [-0.15, -0.1) is 22.7 Å². The minimum atomic E-state index is 0.956. The zero-order valence-corrected chi connectivity index (χ0v) is 23.2. The van der Waals surface area contributed by atoms with Crippen LogP contribution in [0.5, 0.6) is 0 Å². The van der Waals surface area contributed by atoms with Crippen LogP contribution in [-0.4, -0.2) is 6.21 Å². The number of nitrogens with one attached hydrogen (secondary N) is 1.